The molecule has 0 aliphatic carbocycles. The molecule has 0 atom stereocenters. The Kier molecular flexibility index (Phi) is 6.04. The molecule has 3 heterocycles. The van der Waals surface area contributed by atoms with Crippen LogP contribution in [0.15, 0.2) is 42.7 Å². The lowest BCUT2D eigenvalue weighted by molar-refractivity contribution is 0.0421. The van der Waals surface area contributed by atoms with Gasteiger partial charge in [0.15, 0.2) is 0 Å². The molecule has 2 aliphatic heterocycles. The average molecular weight is 401 g/mol. The molecular formula is C22H25F2N3O2. The van der Waals surface area contributed by atoms with E-state index in [-0.39, 0.29) is 6.10 Å². The van der Waals surface area contributed by atoms with Gasteiger partial charge in [0.1, 0.15) is 29.1 Å². The normalized spacial score (nSPS) is 19.3. The second-order valence-electron chi connectivity index (χ2n) is 7.66. The smallest absolute Gasteiger partial charge is 0.259 e. The maximum atomic E-state index is 13.9. The van der Waals surface area contributed by atoms with E-state index in [9.17, 15) is 13.6 Å². The molecule has 0 saturated carbocycles. The maximum absolute atomic E-state index is 13.9. The summed E-state index contributed by atoms with van der Waals surface area (Å²) in [5.41, 5.74) is -0.444. The number of aromatic nitrogens is 1. The summed E-state index contributed by atoms with van der Waals surface area (Å²) in [5.74, 6) is -1.30. The van der Waals surface area contributed by atoms with E-state index in [0.29, 0.717) is 19.1 Å². The molecular weight excluding hydrogens is 376 g/mol. The Hall–Kier alpha value is -2.54. The molecule has 2 fully saturated rings. The summed E-state index contributed by atoms with van der Waals surface area (Å²) < 4.78 is 33.8. The predicted molar refractivity (Wildman–Crippen MR) is 105 cm³/mol. The molecule has 0 N–H and O–H groups in total. The number of halogens is 2. The summed E-state index contributed by atoms with van der Waals surface area (Å²) in [5, 5.41) is 0. The minimum Gasteiger partial charge on any atom is -0.490 e. The molecule has 1 aromatic carbocycles. The molecule has 0 spiro atoms. The van der Waals surface area contributed by atoms with Crippen molar-refractivity contribution in [2.75, 3.05) is 26.2 Å². The van der Waals surface area contributed by atoms with Gasteiger partial charge in [-0.2, -0.15) is 0 Å². The lowest BCUT2D eigenvalue weighted by Crippen LogP contribution is -2.50. The largest absolute Gasteiger partial charge is 0.490 e. The van der Waals surface area contributed by atoms with Crippen LogP contribution in [0.2, 0.25) is 0 Å². The molecule has 1 amide bonds. The van der Waals surface area contributed by atoms with Gasteiger partial charge in [-0.1, -0.05) is 6.07 Å². The summed E-state index contributed by atoms with van der Waals surface area (Å²) in [6.45, 7) is 2.95. The van der Waals surface area contributed by atoms with Crippen molar-refractivity contribution in [2.45, 2.75) is 37.8 Å². The number of ether oxygens (including phenoxy) is 1. The lowest BCUT2D eigenvalue weighted by Gasteiger charge is -2.41. The molecule has 0 radical (unpaired) electrons. The van der Waals surface area contributed by atoms with Gasteiger partial charge in [-0.05, 0) is 49.9 Å². The van der Waals surface area contributed by atoms with E-state index in [1.54, 1.807) is 17.3 Å². The Labute approximate surface area is 169 Å². The average Bonchev–Trinajstić information content (AvgIpc) is 2.75. The number of piperidine rings is 2. The molecule has 2 saturated heterocycles. The van der Waals surface area contributed by atoms with Gasteiger partial charge in [0.2, 0.25) is 0 Å². The SMILES string of the molecule is O=C(c1c(F)cccc1F)N1CCC(N2CCC(Oc3ccncc3)CC2)CC1. The van der Waals surface area contributed by atoms with Crippen LogP contribution in [0.3, 0.4) is 0 Å². The molecule has 0 bridgehead atoms. The third kappa shape index (κ3) is 4.56. The molecule has 5 nitrogen and oxygen atoms in total. The highest BCUT2D eigenvalue weighted by molar-refractivity contribution is 5.94. The van der Waals surface area contributed by atoms with Crippen LogP contribution in [0.1, 0.15) is 36.0 Å². The number of hydrogen-bond donors (Lipinski definition) is 0. The number of carbonyl (C=O) groups excluding carboxylic acids is 1. The van der Waals surface area contributed by atoms with Crippen molar-refractivity contribution in [1.29, 1.82) is 0 Å². The summed E-state index contributed by atoms with van der Waals surface area (Å²) in [6.07, 6.45) is 7.22. The van der Waals surface area contributed by atoms with Crippen LogP contribution >= 0.6 is 0 Å². The number of rotatable bonds is 4. The zero-order chi connectivity index (χ0) is 20.2. The molecule has 4 rings (SSSR count). The quantitative estimate of drug-likeness (QED) is 0.787. The van der Waals surface area contributed by atoms with Crippen LogP contribution in [0.4, 0.5) is 8.78 Å². The van der Waals surface area contributed by atoms with Crippen LogP contribution in [-0.2, 0) is 0 Å². The van der Waals surface area contributed by atoms with E-state index < -0.39 is 23.1 Å². The Bertz CT molecular complexity index is 813. The number of hydrogen-bond acceptors (Lipinski definition) is 4. The van der Waals surface area contributed by atoms with E-state index in [1.165, 1.54) is 6.07 Å². The number of pyridine rings is 1. The predicted octanol–water partition coefficient (Wildman–Crippen LogP) is 3.51. The van der Waals surface area contributed by atoms with Crippen molar-refractivity contribution >= 4 is 5.91 Å². The van der Waals surface area contributed by atoms with Gasteiger partial charge in [0.25, 0.3) is 5.91 Å². The zero-order valence-electron chi connectivity index (χ0n) is 16.3. The Balaban J connectivity index is 1.27. The van der Waals surface area contributed by atoms with E-state index in [4.69, 9.17) is 4.74 Å². The Morgan fingerprint density at radius 3 is 2.17 bits per heavy atom. The molecule has 29 heavy (non-hydrogen) atoms. The van der Waals surface area contributed by atoms with Crippen LogP contribution < -0.4 is 4.74 Å². The minimum atomic E-state index is -0.798. The first kappa shape index (κ1) is 19.8. The third-order valence-electron chi connectivity index (χ3n) is 5.87. The summed E-state index contributed by atoms with van der Waals surface area (Å²) in [4.78, 5) is 20.6. The van der Waals surface area contributed by atoms with Gasteiger partial charge in [-0.25, -0.2) is 8.78 Å². The topological polar surface area (TPSA) is 45.7 Å². The van der Waals surface area contributed by atoms with Gasteiger partial charge in [0.05, 0.1) is 0 Å². The second-order valence-corrected chi connectivity index (χ2v) is 7.66. The van der Waals surface area contributed by atoms with Crippen molar-refractivity contribution in [3.8, 4) is 5.75 Å². The number of amides is 1. The van der Waals surface area contributed by atoms with Crippen molar-refractivity contribution in [3.05, 3.63) is 59.9 Å². The van der Waals surface area contributed by atoms with Crippen molar-refractivity contribution in [3.63, 3.8) is 0 Å². The van der Waals surface area contributed by atoms with E-state index >= 15 is 0 Å². The van der Waals surface area contributed by atoms with Gasteiger partial charge in [0, 0.05) is 44.6 Å². The number of benzene rings is 1. The van der Waals surface area contributed by atoms with E-state index in [2.05, 4.69) is 9.88 Å². The molecule has 154 valence electrons. The molecule has 2 aliphatic rings. The highest BCUT2D eigenvalue weighted by Gasteiger charge is 2.31. The highest BCUT2D eigenvalue weighted by Crippen LogP contribution is 2.25. The summed E-state index contributed by atoms with van der Waals surface area (Å²) in [7, 11) is 0. The fraction of sp³-hybridized carbons (Fsp3) is 0.455. The molecule has 1 aromatic heterocycles. The van der Waals surface area contributed by atoms with Gasteiger partial charge in [-0.3, -0.25) is 14.7 Å². The first-order valence-electron chi connectivity index (χ1n) is 10.2. The highest BCUT2D eigenvalue weighted by atomic mass is 19.1. The van der Waals surface area contributed by atoms with Gasteiger partial charge < -0.3 is 9.64 Å². The monoisotopic (exact) mass is 401 g/mol. The first-order valence-corrected chi connectivity index (χ1v) is 10.2. The minimum absolute atomic E-state index is 0.208. The van der Waals surface area contributed by atoms with Crippen molar-refractivity contribution in [1.82, 2.24) is 14.8 Å². The second kappa shape index (κ2) is 8.86. The fourth-order valence-corrected chi connectivity index (χ4v) is 4.26. The summed E-state index contributed by atoms with van der Waals surface area (Å²) >= 11 is 0. The van der Waals surface area contributed by atoms with Gasteiger partial charge in [-0.15, -0.1) is 0 Å². The third-order valence-corrected chi connectivity index (χ3v) is 5.87. The first-order chi connectivity index (χ1) is 14.1. The van der Waals surface area contributed by atoms with Crippen molar-refractivity contribution in [2.24, 2.45) is 0 Å². The van der Waals surface area contributed by atoms with Crippen LogP contribution in [0.25, 0.3) is 0 Å². The van der Waals surface area contributed by atoms with Crippen LogP contribution in [-0.4, -0.2) is 59.0 Å². The number of carbonyl (C=O) groups is 1. The van der Waals surface area contributed by atoms with Crippen LogP contribution in [0, 0.1) is 11.6 Å². The zero-order valence-corrected chi connectivity index (χ0v) is 16.3. The molecule has 0 unspecified atom stereocenters. The van der Waals surface area contributed by atoms with Gasteiger partial charge >= 0.3 is 0 Å². The fourth-order valence-electron chi connectivity index (χ4n) is 4.26. The van der Waals surface area contributed by atoms with Crippen molar-refractivity contribution < 1.29 is 18.3 Å². The standard InChI is InChI=1S/C22H25F2N3O2/c23-19-2-1-3-20(24)21(19)22(28)27-12-6-16(7-13-27)26-14-8-18(9-15-26)29-17-4-10-25-11-5-17/h1-5,10-11,16,18H,6-9,12-15H2. The Morgan fingerprint density at radius 2 is 1.55 bits per heavy atom. The van der Waals surface area contributed by atoms with E-state index in [1.807, 2.05) is 12.1 Å². The number of likely N-dealkylation sites (tertiary alicyclic amines) is 2. The summed E-state index contributed by atoms with van der Waals surface area (Å²) in [6, 6.07) is 7.67. The number of nitrogens with zero attached hydrogens (tertiary/aromatic N) is 3. The Morgan fingerprint density at radius 1 is 0.931 bits per heavy atom. The maximum Gasteiger partial charge on any atom is 0.259 e. The van der Waals surface area contributed by atoms with Crippen LogP contribution in [0.5, 0.6) is 5.75 Å². The lowest BCUT2D eigenvalue weighted by atomic mass is 9.98. The molecule has 7 heteroatoms. The molecule has 2 aromatic rings. The van der Waals surface area contributed by atoms with E-state index in [0.717, 1.165) is 56.7 Å².